The molecule has 9 nitrogen and oxygen atoms in total. The SMILES string of the molecule is CCOC(=O)C1=C(c2ccccc2)N=c2s/c(=C\c3cc(N=Nc4ccccc4)ccc3O)c(=O)n2[C@H]1c1cccc(OC)c1. The number of esters is 1. The molecule has 224 valence electrons. The molecule has 0 amide bonds. The highest BCUT2D eigenvalue weighted by atomic mass is 32.1. The zero-order valence-corrected chi connectivity index (χ0v) is 25.3. The largest absolute Gasteiger partial charge is 0.507 e. The van der Waals surface area contributed by atoms with Crippen LogP contribution in [0.2, 0.25) is 0 Å². The van der Waals surface area contributed by atoms with Crippen LogP contribution in [0.3, 0.4) is 0 Å². The maximum absolute atomic E-state index is 14.2. The summed E-state index contributed by atoms with van der Waals surface area (Å²) in [5, 5.41) is 19.3. The van der Waals surface area contributed by atoms with Crippen molar-refractivity contribution in [1.29, 1.82) is 0 Å². The molecule has 1 N–H and O–H groups in total. The predicted molar refractivity (Wildman–Crippen MR) is 173 cm³/mol. The third-order valence-electron chi connectivity index (χ3n) is 7.12. The lowest BCUT2D eigenvalue weighted by atomic mass is 9.93. The van der Waals surface area contributed by atoms with Gasteiger partial charge in [-0.05, 0) is 61.0 Å². The molecule has 0 spiro atoms. The fraction of sp³-hybridized carbons (Fsp3) is 0.114. The quantitative estimate of drug-likeness (QED) is 0.168. The summed E-state index contributed by atoms with van der Waals surface area (Å²) in [6.45, 7) is 1.88. The van der Waals surface area contributed by atoms with Crippen molar-refractivity contribution >= 4 is 40.5 Å². The Morgan fingerprint density at radius 3 is 2.42 bits per heavy atom. The van der Waals surface area contributed by atoms with E-state index in [1.54, 1.807) is 44.4 Å². The van der Waals surface area contributed by atoms with Crippen molar-refractivity contribution in [1.82, 2.24) is 4.57 Å². The van der Waals surface area contributed by atoms with E-state index in [0.717, 1.165) is 11.3 Å². The molecule has 0 saturated heterocycles. The zero-order chi connectivity index (χ0) is 31.3. The molecule has 5 aromatic rings. The highest BCUT2D eigenvalue weighted by Gasteiger charge is 2.35. The second kappa shape index (κ2) is 12.9. The molecule has 0 radical (unpaired) electrons. The van der Waals surface area contributed by atoms with Crippen molar-refractivity contribution in [3.05, 3.63) is 145 Å². The van der Waals surface area contributed by atoms with Crippen LogP contribution in [0.1, 0.15) is 29.7 Å². The lowest BCUT2D eigenvalue weighted by Crippen LogP contribution is -2.40. The number of nitrogens with zero attached hydrogens (tertiary/aromatic N) is 4. The summed E-state index contributed by atoms with van der Waals surface area (Å²) in [5.41, 5.74) is 3.21. The molecule has 45 heavy (non-hydrogen) atoms. The minimum Gasteiger partial charge on any atom is -0.507 e. The van der Waals surface area contributed by atoms with Crippen LogP contribution in [0.15, 0.2) is 129 Å². The van der Waals surface area contributed by atoms with Gasteiger partial charge in [-0.3, -0.25) is 9.36 Å². The normalized spacial score (nSPS) is 14.7. The van der Waals surface area contributed by atoms with Gasteiger partial charge in [-0.2, -0.15) is 10.2 Å². The zero-order valence-electron chi connectivity index (χ0n) is 24.5. The highest BCUT2D eigenvalue weighted by molar-refractivity contribution is 7.07. The number of phenolic OH excluding ortho intramolecular Hbond substituents is 1. The summed E-state index contributed by atoms with van der Waals surface area (Å²) in [5.74, 6) is -0.0279. The molecule has 0 saturated carbocycles. The van der Waals surface area contributed by atoms with Crippen LogP contribution in [-0.4, -0.2) is 29.4 Å². The average Bonchev–Trinajstić information content (AvgIpc) is 3.39. The number of aromatic nitrogens is 1. The Balaban J connectivity index is 1.55. The van der Waals surface area contributed by atoms with Gasteiger partial charge in [-0.25, -0.2) is 9.79 Å². The molecule has 10 heteroatoms. The minimum atomic E-state index is -0.854. The summed E-state index contributed by atoms with van der Waals surface area (Å²) in [4.78, 5) is 33.1. The van der Waals surface area contributed by atoms with Crippen LogP contribution >= 0.6 is 11.3 Å². The lowest BCUT2D eigenvalue weighted by Gasteiger charge is -2.26. The molecular formula is C35H28N4O5S. The van der Waals surface area contributed by atoms with Crippen molar-refractivity contribution in [2.24, 2.45) is 15.2 Å². The molecular weight excluding hydrogens is 588 g/mol. The van der Waals surface area contributed by atoms with Gasteiger partial charge in [-0.15, -0.1) is 0 Å². The summed E-state index contributed by atoms with van der Waals surface area (Å²) >= 11 is 1.16. The second-order valence-corrected chi connectivity index (χ2v) is 11.0. The maximum atomic E-state index is 14.2. The van der Waals surface area contributed by atoms with E-state index in [0.29, 0.717) is 48.8 Å². The molecule has 4 aromatic carbocycles. The number of hydrogen-bond donors (Lipinski definition) is 1. The summed E-state index contributed by atoms with van der Waals surface area (Å²) < 4.78 is 12.8. The van der Waals surface area contributed by atoms with Gasteiger partial charge in [0.05, 0.1) is 46.9 Å². The van der Waals surface area contributed by atoms with Crippen LogP contribution in [0.25, 0.3) is 11.8 Å². The van der Waals surface area contributed by atoms with Gasteiger partial charge in [0.2, 0.25) is 0 Å². The summed E-state index contributed by atoms with van der Waals surface area (Å²) in [6, 6.07) is 29.8. The third-order valence-corrected chi connectivity index (χ3v) is 8.10. The fourth-order valence-electron chi connectivity index (χ4n) is 5.04. The van der Waals surface area contributed by atoms with Gasteiger partial charge >= 0.3 is 5.97 Å². The van der Waals surface area contributed by atoms with Gasteiger partial charge in [0.25, 0.3) is 5.56 Å². The van der Waals surface area contributed by atoms with Crippen molar-refractivity contribution in [3.8, 4) is 11.5 Å². The molecule has 0 aliphatic carbocycles. The average molecular weight is 617 g/mol. The van der Waals surface area contributed by atoms with Crippen molar-refractivity contribution in [2.75, 3.05) is 13.7 Å². The van der Waals surface area contributed by atoms with E-state index in [1.165, 1.54) is 10.6 Å². The highest BCUT2D eigenvalue weighted by Crippen LogP contribution is 2.36. The number of rotatable bonds is 8. The Kier molecular flexibility index (Phi) is 8.47. The first kappa shape index (κ1) is 29.5. The number of benzene rings is 4. The summed E-state index contributed by atoms with van der Waals surface area (Å²) in [6.07, 6.45) is 1.60. The van der Waals surface area contributed by atoms with Crippen LogP contribution in [-0.2, 0) is 9.53 Å². The number of methoxy groups -OCH3 is 1. The van der Waals surface area contributed by atoms with Crippen LogP contribution in [0, 0.1) is 0 Å². The van der Waals surface area contributed by atoms with Gasteiger partial charge in [0.15, 0.2) is 4.80 Å². The van der Waals surface area contributed by atoms with E-state index >= 15 is 0 Å². The molecule has 2 heterocycles. The molecule has 6 rings (SSSR count). The van der Waals surface area contributed by atoms with E-state index in [-0.39, 0.29) is 23.5 Å². The molecule has 0 fully saturated rings. The first-order valence-electron chi connectivity index (χ1n) is 14.2. The van der Waals surface area contributed by atoms with Crippen LogP contribution in [0.4, 0.5) is 11.4 Å². The van der Waals surface area contributed by atoms with Crippen molar-refractivity contribution in [3.63, 3.8) is 0 Å². The Morgan fingerprint density at radius 1 is 0.956 bits per heavy atom. The van der Waals surface area contributed by atoms with E-state index in [1.807, 2.05) is 72.8 Å². The van der Waals surface area contributed by atoms with E-state index < -0.39 is 12.0 Å². The molecule has 1 atom stereocenters. The van der Waals surface area contributed by atoms with Crippen LogP contribution < -0.4 is 19.6 Å². The summed E-state index contributed by atoms with van der Waals surface area (Å²) in [7, 11) is 1.56. The number of carbonyl (C=O) groups is 1. The number of fused-ring (bicyclic) bond motifs is 1. The third kappa shape index (κ3) is 6.09. The molecule has 0 bridgehead atoms. The van der Waals surface area contributed by atoms with Crippen molar-refractivity contribution in [2.45, 2.75) is 13.0 Å². The monoisotopic (exact) mass is 616 g/mol. The standard InChI is InChI=1S/C35H28N4O5S/c1-3-44-34(42)30-31(22-11-6-4-7-12-22)36-35-39(32(30)23-13-10-16-27(20-23)43-2)33(41)29(45-35)21-24-19-26(17-18-28(24)40)38-37-25-14-8-5-9-15-25/h4-21,32,40H,3H2,1-2H3/b29-21-,38-37?/t32-/m0/s1. The molecule has 0 unspecified atom stereocenters. The number of aromatic hydroxyl groups is 1. The Hall–Kier alpha value is -5.61. The Morgan fingerprint density at radius 2 is 1.69 bits per heavy atom. The Bertz CT molecular complexity index is 2120. The molecule has 1 aromatic heterocycles. The topological polar surface area (TPSA) is 115 Å². The van der Waals surface area contributed by atoms with Crippen LogP contribution in [0.5, 0.6) is 11.5 Å². The van der Waals surface area contributed by atoms with Gasteiger partial charge in [-0.1, -0.05) is 72.0 Å². The van der Waals surface area contributed by atoms with Gasteiger partial charge in [0.1, 0.15) is 11.5 Å². The van der Waals surface area contributed by atoms with E-state index in [2.05, 4.69) is 10.2 Å². The first-order chi connectivity index (χ1) is 22.0. The number of phenols is 1. The first-order valence-corrected chi connectivity index (χ1v) is 15.0. The van der Waals surface area contributed by atoms with E-state index in [4.69, 9.17) is 14.5 Å². The van der Waals surface area contributed by atoms with E-state index in [9.17, 15) is 14.7 Å². The number of thiazole rings is 1. The van der Waals surface area contributed by atoms with Crippen molar-refractivity contribution < 1.29 is 19.4 Å². The number of azo groups is 1. The fourth-order valence-corrected chi connectivity index (χ4v) is 6.03. The number of hydrogen-bond acceptors (Lipinski definition) is 9. The maximum Gasteiger partial charge on any atom is 0.338 e. The van der Waals surface area contributed by atoms with Gasteiger partial charge in [0, 0.05) is 11.1 Å². The molecule has 1 aliphatic rings. The number of ether oxygens (including phenoxy) is 2. The minimum absolute atomic E-state index is 0.0268. The smallest absolute Gasteiger partial charge is 0.338 e. The lowest BCUT2D eigenvalue weighted by molar-refractivity contribution is -0.138. The Labute approximate surface area is 262 Å². The van der Waals surface area contributed by atoms with Gasteiger partial charge < -0.3 is 14.6 Å². The predicted octanol–water partition coefficient (Wildman–Crippen LogP) is 6.07. The molecule has 1 aliphatic heterocycles. The second-order valence-electron chi connectivity index (χ2n) is 9.99. The number of carbonyl (C=O) groups excluding carboxylic acids is 1.